The molecule has 1 aliphatic rings. The highest BCUT2D eigenvalue weighted by Crippen LogP contribution is 2.44. The van der Waals surface area contributed by atoms with Crippen LogP contribution in [0.3, 0.4) is 0 Å². The third kappa shape index (κ3) is 6.77. The van der Waals surface area contributed by atoms with E-state index < -0.39 is 41.6 Å². The molecular formula is C30H40N8O5. The zero-order valence-electron chi connectivity index (χ0n) is 30.6. The number of aryl methyl sites for hydroxylation is 1. The van der Waals surface area contributed by atoms with Gasteiger partial charge in [0.05, 0.1) is 37.9 Å². The first kappa shape index (κ1) is 25.0. The second-order valence-electron chi connectivity index (χ2n) is 11.2. The lowest BCUT2D eigenvalue weighted by Crippen LogP contribution is -2.29. The summed E-state index contributed by atoms with van der Waals surface area (Å²) >= 11 is 0. The number of rotatable bonds is 11. The third-order valence-corrected chi connectivity index (χ3v) is 6.58. The summed E-state index contributed by atoms with van der Waals surface area (Å²) in [7, 11) is 4.83. The molecule has 1 aliphatic heterocycles. The van der Waals surface area contributed by atoms with E-state index in [1.165, 1.54) is 24.3 Å². The van der Waals surface area contributed by atoms with Gasteiger partial charge in [-0.2, -0.15) is 4.98 Å². The van der Waals surface area contributed by atoms with E-state index in [2.05, 4.69) is 20.3 Å². The fraction of sp³-hybridized carbons (Fsp3) is 0.467. The minimum absolute atomic E-state index is 0.0250. The van der Waals surface area contributed by atoms with E-state index in [-0.39, 0.29) is 41.0 Å². The number of fused-ring (bicyclic) bond motifs is 1. The lowest BCUT2D eigenvalue weighted by Gasteiger charge is -2.24. The molecule has 2 aromatic heterocycles. The molecule has 0 atom stereocenters. The second-order valence-corrected chi connectivity index (χ2v) is 11.2. The number of hydrogen-bond donors (Lipinski definition) is 1. The van der Waals surface area contributed by atoms with E-state index in [1.807, 2.05) is 0 Å². The number of esters is 1. The topological polar surface area (TPSA) is 139 Å². The maximum atomic E-state index is 13.3. The Labute approximate surface area is 259 Å². The number of pyridine rings is 1. The Kier molecular flexibility index (Phi) is 7.20. The van der Waals surface area contributed by atoms with Gasteiger partial charge in [-0.25, -0.2) is 9.78 Å². The summed E-state index contributed by atoms with van der Waals surface area (Å²) in [5.41, 5.74) is -0.402. The number of nitro groups is 1. The van der Waals surface area contributed by atoms with Crippen LogP contribution in [0.5, 0.6) is 5.75 Å². The van der Waals surface area contributed by atoms with Gasteiger partial charge in [-0.15, -0.1) is 0 Å². The van der Waals surface area contributed by atoms with Crippen LogP contribution in [0, 0.1) is 17.0 Å². The lowest BCUT2D eigenvalue weighted by atomic mass is 9.91. The van der Waals surface area contributed by atoms with Crippen LogP contribution in [0.2, 0.25) is 0 Å². The number of methoxy groups -OCH3 is 1. The van der Waals surface area contributed by atoms with Gasteiger partial charge in [-0.1, -0.05) is 13.8 Å². The molecule has 0 bridgehead atoms. The number of aromatic nitrogens is 3. The zero-order chi connectivity index (χ0) is 35.9. The second kappa shape index (κ2) is 12.4. The summed E-state index contributed by atoms with van der Waals surface area (Å²) in [6.07, 6.45) is 0.687. The molecule has 1 aromatic carbocycles. The largest absolute Gasteiger partial charge is 0.494 e. The molecule has 0 spiro atoms. The average molecular weight is 598 g/mol. The van der Waals surface area contributed by atoms with E-state index in [1.54, 1.807) is 65.7 Å². The Morgan fingerprint density at radius 3 is 2.65 bits per heavy atom. The summed E-state index contributed by atoms with van der Waals surface area (Å²) in [6, 6.07) is 5.80. The van der Waals surface area contributed by atoms with Crippen LogP contribution >= 0.6 is 0 Å². The van der Waals surface area contributed by atoms with Crippen LogP contribution in [-0.4, -0.2) is 84.6 Å². The van der Waals surface area contributed by atoms with Crippen LogP contribution in [0.4, 0.5) is 34.5 Å². The number of anilines is 5. The fourth-order valence-electron chi connectivity index (χ4n) is 4.50. The molecule has 1 N–H and O–H groups in total. The molecule has 3 heterocycles. The predicted molar refractivity (Wildman–Crippen MR) is 166 cm³/mol. The summed E-state index contributed by atoms with van der Waals surface area (Å²) in [5, 5.41) is 15.2. The van der Waals surface area contributed by atoms with Gasteiger partial charge < -0.3 is 29.5 Å². The van der Waals surface area contributed by atoms with Crippen LogP contribution in [0.1, 0.15) is 56.3 Å². The van der Waals surface area contributed by atoms with Crippen molar-refractivity contribution in [1.82, 2.24) is 19.9 Å². The summed E-state index contributed by atoms with van der Waals surface area (Å²) in [4.78, 5) is 42.3. The SMILES string of the molecule is [2H]C([2H])([2H])N(CCN(C)C)c1cc(OC)c(Nc2ncc(C(=O)OC(C)C)c(N3c4ccc(C)nc4C(C)(C)C3([2H])[2H])n2)cc1[N+](=O)[O-]. The van der Waals surface area contributed by atoms with Gasteiger partial charge in [0, 0.05) is 60.1 Å². The fourth-order valence-corrected chi connectivity index (χ4v) is 4.50. The number of nitrogens with one attached hydrogen (secondary N) is 1. The molecule has 13 nitrogen and oxygen atoms in total. The van der Waals surface area contributed by atoms with E-state index in [4.69, 9.17) is 13.6 Å². The minimum Gasteiger partial charge on any atom is -0.494 e. The van der Waals surface area contributed by atoms with E-state index >= 15 is 0 Å². The normalized spacial score (nSPS) is 16.9. The first-order valence-corrected chi connectivity index (χ1v) is 13.6. The molecule has 0 amide bonds. The molecule has 3 aromatic rings. The number of likely N-dealkylation sites (N-methyl/N-ethyl adjacent to an activating group) is 2. The Morgan fingerprint density at radius 1 is 1.28 bits per heavy atom. The number of hydrogen-bond acceptors (Lipinski definition) is 12. The van der Waals surface area contributed by atoms with Gasteiger partial charge in [0.15, 0.2) is 5.82 Å². The number of carbonyl (C=O) groups is 1. The molecule has 0 saturated heterocycles. The van der Waals surface area contributed by atoms with Gasteiger partial charge >= 0.3 is 5.97 Å². The monoisotopic (exact) mass is 597 g/mol. The van der Waals surface area contributed by atoms with Gasteiger partial charge in [-0.3, -0.25) is 15.1 Å². The van der Waals surface area contributed by atoms with E-state index in [0.717, 1.165) is 11.0 Å². The van der Waals surface area contributed by atoms with Crippen molar-refractivity contribution in [1.29, 1.82) is 0 Å². The third-order valence-electron chi connectivity index (χ3n) is 6.58. The average Bonchev–Trinajstić information content (AvgIpc) is 3.12. The number of nitro benzene ring substituents is 1. The summed E-state index contributed by atoms with van der Waals surface area (Å²) < 4.78 is 53.5. The Hall–Kier alpha value is -4.52. The highest BCUT2D eigenvalue weighted by atomic mass is 16.6. The first-order chi connectivity index (χ1) is 22.2. The molecule has 0 fully saturated rings. The molecule has 0 aliphatic carbocycles. The quantitative estimate of drug-likeness (QED) is 0.184. The smallest absolute Gasteiger partial charge is 0.343 e. The molecule has 0 saturated carbocycles. The highest BCUT2D eigenvalue weighted by molar-refractivity contribution is 5.96. The van der Waals surface area contributed by atoms with Crippen molar-refractivity contribution in [2.75, 3.05) is 62.9 Å². The highest BCUT2D eigenvalue weighted by Gasteiger charge is 2.40. The van der Waals surface area contributed by atoms with Crippen molar-refractivity contribution in [3.8, 4) is 5.75 Å². The van der Waals surface area contributed by atoms with Crippen LogP contribution in [0.25, 0.3) is 0 Å². The Morgan fingerprint density at radius 2 is 2.02 bits per heavy atom. The van der Waals surface area contributed by atoms with Crippen molar-refractivity contribution < 1.29 is 26.0 Å². The molecule has 0 radical (unpaired) electrons. The predicted octanol–water partition coefficient (Wildman–Crippen LogP) is 4.83. The number of nitrogens with zero attached hydrogens (tertiary/aromatic N) is 7. The van der Waals surface area contributed by atoms with Crippen molar-refractivity contribution in [2.24, 2.45) is 0 Å². The Bertz CT molecular complexity index is 1720. The minimum atomic E-state index is -2.70. The van der Waals surface area contributed by atoms with Crippen LogP contribution < -0.4 is 19.9 Å². The number of benzene rings is 1. The van der Waals surface area contributed by atoms with Gasteiger partial charge in [0.1, 0.15) is 17.0 Å². The molecule has 0 unspecified atom stereocenters. The van der Waals surface area contributed by atoms with Gasteiger partial charge in [0.25, 0.3) is 5.69 Å². The lowest BCUT2D eigenvalue weighted by molar-refractivity contribution is -0.384. The van der Waals surface area contributed by atoms with Crippen molar-refractivity contribution in [3.63, 3.8) is 0 Å². The maximum Gasteiger partial charge on any atom is 0.343 e. The molecule has 13 heteroatoms. The van der Waals surface area contributed by atoms with Crippen LogP contribution in [-0.2, 0) is 10.2 Å². The standard InChI is InChI=1S/C30H40N8O5/c1-18(2)43-28(39)20-16-31-29(34-27(20)37-17-30(4,5)26-22(37)11-10-19(3)32-26)33-21-14-24(38(40)41)23(15-25(21)42-9)36(8)13-12-35(6)7/h10-11,14-16,18H,12-13,17H2,1-9H3,(H,31,33,34)/i8D3,17D2. The summed E-state index contributed by atoms with van der Waals surface area (Å²) in [5.74, 6) is -1.02. The molecule has 4 rings (SSSR count). The first-order valence-electron chi connectivity index (χ1n) is 16.1. The van der Waals surface area contributed by atoms with Crippen molar-refractivity contribution in [3.05, 3.63) is 57.5 Å². The van der Waals surface area contributed by atoms with Crippen LogP contribution in [0.15, 0.2) is 30.5 Å². The van der Waals surface area contributed by atoms with Crippen molar-refractivity contribution >= 4 is 40.5 Å². The van der Waals surface area contributed by atoms with Crippen molar-refractivity contribution in [2.45, 2.75) is 46.1 Å². The van der Waals surface area contributed by atoms with E-state index in [0.29, 0.717) is 23.6 Å². The summed E-state index contributed by atoms with van der Waals surface area (Å²) in [6.45, 7) is 3.97. The van der Waals surface area contributed by atoms with Gasteiger partial charge in [0.2, 0.25) is 5.95 Å². The maximum absolute atomic E-state index is 13.3. The molecule has 43 heavy (non-hydrogen) atoms. The molecular weight excluding hydrogens is 552 g/mol. The Balaban J connectivity index is 1.89. The molecule has 230 valence electrons. The van der Waals surface area contributed by atoms with Gasteiger partial charge in [-0.05, 0) is 47.0 Å². The number of carbonyl (C=O) groups excluding carboxylic acids is 1. The van der Waals surface area contributed by atoms with E-state index in [9.17, 15) is 17.7 Å². The number of ether oxygens (including phenoxy) is 2. The zero-order valence-corrected chi connectivity index (χ0v) is 25.6.